The molecule has 2 aromatic rings. The van der Waals surface area contributed by atoms with Crippen LogP contribution in [0.1, 0.15) is 35.6 Å². The van der Waals surface area contributed by atoms with Gasteiger partial charge in [-0.2, -0.15) is 5.10 Å². The van der Waals surface area contributed by atoms with E-state index < -0.39 is 0 Å². The summed E-state index contributed by atoms with van der Waals surface area (Å²) in [6.45, 7) is 2.82. The van der Waals surface area contributed by atoms with Crippen LogP contribution in [0.15, 0.2) is 30.5 Å². The minimum absolute atomic E-state index is 0.455. The topological polar surface area (TPSA) is 43.8 Å². The van der Waals surface area contributed by atoms with Crippen LogP contribution in [0.25, 0.3) is 5.69 Å². The van der Waals surface area contributed by atoms with E-state index in [2.05, 4.69) is 41.0 Å². The van der Waals surface area contributed by atoms with E-state index in [4.69, 9.17) is 5.73 Å². The van der Waals surface area contributed by atoms with Crippen LogP contribution in [0.3, 0.4) is 0 Å². The number of rotatable bonds is 2. The molecular formula is C15H19N3. The van der Waals surface area contributed by atoms with Crippen molar-refractivity contribution in [1.29, 1.82) is 0 Å². The predicted octanol–water partition coefficient (Wildman–Crippen LogP) is 2.56. The van der Waals surface area contributed by atoms with Gasteiger partial charge in [0.05, 0.1) is 17.6 Å². The Morgan fingerprint density at radius 2 is 2.33 bits per heavy atom. The summed E-state index contributed by atoms with van der Waals surface area (Å²) in [5, 5.41) is 4.57. The third-order valence-electron chi connectivity index (χ3n) is 3.80. The van der Waals surface area contributed by atoms with Crippen molar-refractivity contribution in [3.8, 4) is 5.69 Å². The molecule has 0 aliphatic heterocycles. The molecule has 1 heterocycles. The Morgan fingerprint density at radius 3 is 3.11 bits per heavy atom. The molecule has 0 spiro atoms. The van der Waals surface area contributed by atoms with Crippen molar-refractivity contribution >= 4 is 0 Å². The second kappa shape index (κ2) is 4.58. The van der Waals surface area contributed by atoms with E-state index in [1.165, 1.54) is 29.7 Å². The number of hydrogen-bond donors (Lipinski definition) is 1. The van der Waals surface area contributed by atoms with E-state index in [-0.39, 0.29) is 0 Å². The molecule has 3 heteroatoms. The Kier molecular flexibility index (Phi) is 2.92. The minimum atomic E-state index is 0.455. The number of aryl methyl sites for hydroxylation is 2. The lowest BCUT2D eigenvalue weighted by Gasteiger charge is -2.23. The summed E-state index contributed by atoms with van der Waals surface area (Å²) in [7, 11) is 0. The summed E-state index contributed by atoms with van der Waals surface area (Å²) in [5.41, 5.74) is 11.0. The molecule has 0 saturated heterocycles. The molecule has 1 aliphatic rings. The van der Waals surface area contributed by atoms with Crippen molar-refractivity contribution in [2.45, 2.75) is 32.1 Å². The van der Waals surface area contributed by atoms with E-state index in [9.17, 15) is 0 Å². The van der Waals surface area contributed by atoms with E-state index in [0.717, 1.165) is 12.1 Å². The molecule has 1 atom stereocenters. The average Bonchev–Trinajstić information content (AvgIpc) is 2.82. The first kappa shape index (κ1) is 11.5. The lowest BCUT2D eigenvalue weighted by atomic mass is 9.88. The van der Waals surface area contributed by atoms with Crippen LogP contribution in [0.4, 0.5) is 0 Å². The molecule has 3 nitrogen and oxygen atoms in total. The quantitative estimate of drug-likeness (QED) is 0.878. The largest absolute Gasteiger partial charge is 0.330 e. The molecule has 94 valence electrons. The van der Waals surface area contributed by atoms with Gasteiger partial charge in [-0.3, -0.25) is 0 Å². The number of nitrogens with two attached hydrogens (primary N) is 1. The van der Waals surface area contributed by atoms with Gasteiger partial charge in [-0.15, -0.1) is 0 Å². The normalized spacial score (nSPS) is 18.7. The standard InChI is InChI=1S/C15H19N3/c1-11-4-2-7-14(8-11)18-15-12(9-16)5-3-6-13(15)10-17-18/h2,4,7-8,10,12H,3,5-6,9,16H2,1H3. The number of benzene rings is 1. The van der Waals surface area contributed by atoms with Crippen molar-refractivity contribution in [3.63, 3.8) is 0 Å². The first-order valence-electron chi connectivity index (χ1n) is 6.63. The summed E-state index contributed by atoms with van der Waals surface area (Å²) in [6.07, 6.45) is 5.56. The molecule has 1 aromatic carbocycles. The highest BCUT2D eigenvalue weighted by molar-refractivity contribution is 5.39. The van der Waals surface area contributed by atoms with Crippen LogP contribution in [-0.4, -0.2) is 16.3 Å². The van der Waals surface area contributed by atoms with Crippen molar-refractivity contribution in [2.75, 3.05) is 6.54 Å². The SMILES string of the molecule is Cc1cccc(-n2ncc3c2C(CN)CCC3)c1. The fraction of sp³-hybridized carbons (Fsp3) is 0.400. The van der Waals surface area contributed by atoms with Gasteiger partial charge in [-0.1, -0.05) is 12.1 Å². The molecule has 0 bridgehead atoms. The van der Waals surface area contributed by atoms with Gasteiger partial charge in [0.1, 0.15) is 0 Å². The van der Waals surface area contributed by atoms with Gasteiger partial charge in [0.15, 0.2) is 0 Å². The van der Waals surface area contributed by atoms with Crippen LogP contribution in [0.2, 0.25) is 0 Å². The molecule has 0 fully saturated rings. The fourth-order valence-electron chi connectivity index (χ4n) is 2.89. The smallest absolute Gasteiger partial charge is 0.0651 e. The van der Waals surface area contributed by atoms with Gasteiger partial charge in [0.25, 0.3) is 0 Å². The zero-order chi connectivity index (χ0) is 12.5. The van der Waals surface area contributed by atoms with Crippen molar-refractivity contribution in [2.24, 2.45) is 5.73 Å². The molecule has 0 amide bonds. The molecular weight excluding hydrogens is 222 g/mol. The first-order chi connectivity index (χ1) is 8.79. The Bertz CT molecular complexity index is 557. The highest BCUT2D eigenvalue weighted by Crippen LogP contribution is 2.32. The summed E-state index contributed by atoms with van der Waals surface area (Å²) in [5.74, 6) is 0.455. The third-order valence-corrected chi connectivity index (χ3v) is 3.80. The van der Waals surface area contributed by atoms with Crippen molar-refractivity contribution in [1.82, 2.24) is 9.78 Å². The maximum Gasteiger partial charge on any atom is 0.0651 e. The highest BCUT2D eigenvalue weighted by Gasteiger charge is 2.24. The summed E-state index contributed by atoms with van der Waals surface area (Å²) in [6, 6.07) is 8.48. The molecule has 2 N–H and O–H groups in total. The predicted molar refractivity (Wildman–Crippen MR) is 73.0 cm³/mol. The lowest BCUT2D eigenvalue weighted by molar-refractivity contribution is 0.534. The molecule has 1 aromatic heterocycles. The molecule has 1 unspecified atom stereocenters. The lowest BCUT2D eigenvalue weighted by Crippen LogP contribution is -2.21. The van der Waals surface area contributed by atoms with Crippen LogP contribution in [0, 0.1) is 6.92 Å². The average molecular weight is 241 g/mol. The molecule has 1 aliphatic carbocycles. The van der Waals surface area contributed by atoms with Crippen LogP contribution in [-0.2, 0) is 6.42 Å². The molecule has 18 heavy (non-hydrogen) atoms. The van der Waals surface area contributed by atoms with E-state index in [1.807, 2.05) is 6.20 Å². The summed E-state index contributed by atoms with van der Waals surface area (Å²) in [4.78, 5) is 0. The highest BCUT2D eigenvalue weighted by atomic mass is 15.3. The second-order valence-electron chi connectivity index (χ2n) is 5.13. The fourth-order valence-corrected chi connectivity index (χ4v) is 2.89. The van der Waals surface area contributed by atoms with Gasteiger partial charge in [0.2, 0.25) is 0 Å². The van der Waals surface area contributed by atoms with Crippen LogP contribution < -0.4 is 5.73 Å². The van der Waals surface area contributed by atoms with Crippen LogP contribution in [0.5, 0.6) is 0 Å². The van der Waals surface area contributed by atoms with Crippen molar-refractivity contribution in [3.05, 3.63) is 47.3 Å². The first-order valence-corrected chi connectivity index (χ1v) is 6.63. The Hall–Kier alpha value is -1.61. The van der Waals surface area contributed by atoms with Gasteiger partial charge in [0, 0.05) is 12.5 Å². The van der Waals surface area contributed by atoms with E-state index in [1.54, 1.807) is 0 Å². The number of aromatic nitrogens is 2. The number of nitrogens with zero attached hydrogens (tertiary/aromatic N) is 2. The monoisotopic (exact) mass is 241 g/mol. The van der Waals surface area contributed by atoms with Gasteiger partial charge < -0.3 is 5.73 Å². The third kappa shape index (κ3) is 1.85. The van der Waals surface area contributed by atoms with Crippen LogP contribution >= 0.6 is 0 Å². The minimum Gasteiger partial charge on any atom is -0.330 e. The van der Waals surface area contributed by atoms with Gasteiger partial charge >= 0.3 is 0 Å². The van der Waals surface area contributed by atoms with Gasteiger partial charge in [-0.25, -0.2) is 4.68 Å². The zero-order valence-corrected chi connectivity index (χ0v) is 10.8. The molecule has 3 rings (SSSR count). The summed E-state index contributed by atoms with van der Waals surface area (Å²) < 4.78 is 2.08. The molecule has 0 radical (unpaired) electrons. The van der Waals surface area contributed by atoms with Gasteiger partial charge in [-0.05, 0) is 49.4 Å². The Labute approximate surface area is 108 Å². The zero-order valence-electron chi connectivity index (χ0n) is 10.8. The van der Waals surface area contributed by atoms with Crippen molar-refractivity contribution < 1.29 is 0 Å². The number of fused-ring (bicyclic) bond motifs is 1. The maximum absolute atomic E-state index is 5.91. The maximum atomic E-state index is 5.91. The molecule has 0 saturated carbocycles. The van der Waals surface area contributed by atoms with E-state index in [0.29, 0.717) is 12.5 Å². The Morgan fingerprint density at radius 1 is 1.44 bits per heavy atom. The van der Waals surface area contributed by atoms with E-state index >= 15 is 0 Å². The second-order valence-corrected chi connectivity index (χ2v) is 5.13. The Balaban J connectivity index is 2.11. The number of hydrogen-bond acceptors (Lipinski definition) is 2. The summed E-state index contributed by atoms with van der Waals surface area (Å²) >= 11 is 0.